The van der Waals surface area contributed by atoms with Gasteiger partial charge in [-0.25, -0.2) is 18.4 Å². The molecule has 0 bridgehead atoms. The SMILES string of the molecule is CCCCCCNc1nc2ccccc2nc1NS(=O)(=O)c1cc(Cl)ccc1Cl. The van der Waals surface area contributed by atoms with Crippen LogP contribution in [0, 0.1) is 0 Å². The molecule has 29 heavy (non-hydrogen) atoms. The Morgan fingerprint density at radius 2 is 1.62 bits per heavy atom. The summed E-state index contributed by atoms with van der Waals surface area (Å²) >= 11 is 12.0. The number of para-hydroxylation sites is 2. The summed E-state index contributed by atoms with van der Waals surface area (Å²) < 4.78 is 28.4. The third-order valence-electron chi connectivity index (χ3n) is 4.31. The van der Waals surface area contributed by atoms with Crippen LogP contribution in [0.3, 0.4) is 0 Å². The largest absolute Gasteiger partial charge is 0.367 e. The number of unbranched alkanes of at least 4 members (excludes halogenated alkanes) is 3. The predicted octanol–water partition coefficient (Wildman–Crippen LogP) is 5.73. The van der Waals surface area contributed by atoms with Crippen LogP contribution in [0.2, 0.25) is 10.0 Å². The molecule has 0 unspecified atom stereocenters. The van der Waals surface area contributed by atoms with Crippen molar-refractivity contribution in [2.45, 2.75) is 37.5 Å². The molecule has 0 amide bonds. The Labute approximate surface area is 180 Å². The zero-order valence-corrected chi connectivity index (χ0v) is 18.3. The highest BCUT2D eigenvalue weighted by molar-refractivity contribution is 7.92. The zero-order valence-electron chi connectivity index (χ0n) is 16.0. The van der Waals surface area contributed by atoms with Crippen molar-refractivity contribution in [2.24, 2.45) is 0 Å². The molecule has 0 saturated heterocycles. The third-order valence-corrected chi connectivity index (χ3v) is 6.36. The second-order valence-electron chi connectivity index (χ2n) is 6.58. The van der Waals surface area contributed by atoms with E-state index in [0.717, 1.165) is 25.7 Å². The van der Waals surface area contributed by atoms with Crippen molar-refractivity contribution in [1.29, 1.82) is 0 Å². The van der Waals surface area contributed by atoms with Gasteiger partial charge in [0.1, 0.15) is 4.90 Å². The Balaban J connectivity index is 1.93. The van der Waals surface area contributed by atoms with Gasteiger partial charge < -0.3 is 5.32 Å². The summed E-state index contributed by atoms with van der Waals surface area (Å²) in [6, 6.07) is 11.6. The van der Waals surface area contributed by atoms with Crippen LogP contribution < -0.4 is 10.0 Å². The normalized spacial score (nSPS) is 11.6. The predicted molar refractivity (Wildman–Crippen MR) is 119 cm³/mol. The van der Waals surface area contributed by atoms with E-state index < -0.39 is 10.0 Å². The number of halogens is 2. The second-order valence-corrected chi connectivity index (χ2v) is 9.07. The van der Waals surface area contributed by atoms with E-state index in [1.54, 1.807) is 6.07 Å². The van der Waals surface area contributed by atoms with Crippen molar-refractivity contribution < 1.29 is 8.42 Å². The summed E-state index contributed by atoms with van der Waals surface area (Å²) in [7, 11) is -4.01. The van der Waals surface area contributed by atoms with E-state index >= 15 is 0 Å². The Kier molecular flexibility index (Phi) is 7.16. The molecule has 154 valence electrons. The van der Waals surface area contributed by atoms with E-state index in [0.29, 0.717) is 23.4 Å². The van der Waals surface area contributed by atoms with Crippen LogP contribution >= 0.6 is 23.2 Å². The van der Waals surface area contributed by atoms with Gasteiger partial charge in [0.2, 0.25) is 0 Å². The van der Waals surface area contributed by atoms with Gasteiger partial charge in [-0.05, 0) is 36.8 Å². The van der Waals surface area contributed by atoms with Gasteiger partial charge in [0.05, 0.1) is 16.1 Å². The van der Waals surface area contributed by atoms with E-state index in [2.05, 4.69) is 26.9 Å². The van der Waals surface area contributed by atoms with Crippen molar-refractivity contribution in [1.82, 2.24) is 9.97 Å². The molecular formula is C20H22Cl2N4O2S. The Morgan fingerprint density at radius 3 is 2.31 bits per heavy atom. The number of rotatable bonds is 9. The van der Waals surface area contributed by atoms with E-state index in [9.17, 15) is 8.42 Å². The number of hydrogen-bond donors (Lipinski definition) is 2. The molecule has 0 aliphatic carbocycles. The van der Waals surface area contributed by atoms with Crippen LogP contribution in [0.5, 0.6) is 0 Å². The summed E-state index contributed by atoms with van der Waals surface area (Å²) in [5.41, 5.74) is 1.26. The smallest absolute Gasteiger partial charge is 0.264 e. The maximum Gasteiger partial charge on any atom is 0.264 e. The average molecular weight is 453 g/mol. The van der Waals surface area contributed by atoms with Gasteiger partial charge in [-0.15, -0.1) is 0 Å². The standard InChI is InChI=1S/C20H22Cl2N4O2S/c1-2-3-4-7-12-23-19-20(25-17-9-6-5-8-16(17)24-19)26-29(27,28)18-13-14(21)10-11-15(18)22/h5-6,8-11,13H,2-4,7,12H2,1H3,(H,23,24)(H,25,26). The van der Waals surface area contributed by atoms with Crippen LogP contribution in [-0.4, -0.2) is 24.9 Å². The molecule has 0 spiro atoms. The Hall–Kier alpha value is -2.09. The van der Waals surface area contributed by atoms with Gasteiger partial charge in [-0.2, -0.15) is 0 Å². The van der Waals surface area contributed by atoms with Crippen molar-refractivity contribution in [2.75, 3.05) is 16.6 Å². The molecule has 9 heteroatoms. The quantitative estimate of drug-likeness (QED) is 0.404. The van der Waals surface area contributed by atoms with E-state index in [1.807, 2.05) is 18.2 Å². The summed E-state index contributed by atoms with van der Waals surface area (Å²) in [6.45, 7) is 2.82. The summed E-state index contributed by atoms with van der Waals surface area (Å²) in [5.74, 6) is 0.497. The Morgan fingerprint density at radius 1 is 0.931 bits per heavy atom. The van der Waals surface area contributed by atoms with Gasteiger partial charge in [0, 0.05) is 11.6 Å². The average Bonchev–Trinajstić information content (AvgIpc) is 2.69. The van der Waals surface area contributed by atoms with E-state index in [-0.39, 0.29) is 20.8 Å². The lowest BCUT2D eigenvalue weighted by Gasteiger charge is -2.14. The van der Waals surface area contributed by atoms with Crippen molar-refractivity contribution >= 4 is 55.9 Å². The number of nitrogens with zero attached hydrogens (tertiary/aromatic N) is 2. The van der Waals surface area contributed by atoms with Crippen LogP contribution in [0.4, 0.5) is 11.6 Å². The lowest BCUT2D eigenvalue weighted by atomic mass is 10.2. The first-order chi connectivity index (χ1) is 13.9. The highest BCUT2D eigenvalue weighted by Crippen LogP contribution is 2.29. The molecule has 1 heterocycles. The van der Waals surface area contributed by atoms with E-state index in [4.69, 9.17) is 23.2 Å². The number of hydrogen-bond acceptors (Lipinski definition) is 5. The van der Waals surface area contributed by atoms with E-state index in [1.165, 1.54) is 18.2 Å². The molecule has 0 saturated carbocycles. The summed E-state index contributed by atoms with van der Waals surface area (Å²) in [5, 5.41) is 3.55. The topological polar surface area (TPSA) is 84.0 Å². The lowest BCUT2D eigenvalue weighted by molar-refractivity contribution is 0.601. The van der Waals surface area contributed by atoms with Gasteiger partial charge in [0.25, 0.3) is 10.0 Å². The minimum Gasteiger partial charge on any atom is -0.367 e. The molecule has 0 atom stereocenters. The fraction of sp³-hybridized carbons (Fsp3) is 0.300. The van der Waals surface area contributed by atoms with Crippen LogP contribution in [-0.2, 0) is 10.0 Å². The second kappa shape index (κ2) is 9.61. The van der Waals surface area contributed by atoms with Crippen LogP contribution in [0.15, 0.2) is 47.4 Å². The van der Waals surface area contributed by atoms with Gasteiger partial charge in [0.15, 0.2) is 11.6 Å². The molecule has 0 aliphatic rings. The number of anilines is 2. The van der Waals surface area contributed by atoms with Crippen LogP contribution in [0.25, 0.3) is 11.0 Å². The first-order valence-corrected chi connectivity index (χ1v) is 11.6. The number of nitrogens with one attached hydrogen (secondary N) is 2. The molecule has 6 nitrogen and oxygen atoms in total. The van der Waals surface area contributed by atoms with Crippen molar-refractivity contribution in [3.8, 4) is 0 Å². The third kappa shape index (κ3) is 5.50. The summed E-state index contributed by atoms with van der Waals surface area (Å²) in [6.07, 6.45) is 4.33. The number of sulfonamides is 1. The summed E-state index contributed by atoms with van der Waals surface area (Å²) in [4.78, 5) is 8.90. The molecule has 3 rings (SSSR count). The molecule has 3 aromatic rings. The molecule has 2 aromatic carbocycles. The number of fused-ring (bicyclic) bond motifs is 1. The highest BCUT2D eigenvalue weighted by Gasteiger charge is 2.22. The first-order valence-electron chi connectivity index (χ1n) is 9.39. The Bertz CT molecular complexity index is 1110. The monoisotopic (exact) mass is 452 g/mol. The number of aromatic nitrogens is 2. The fourth-order valence-electron chi connectivity index (χ4n) is 2.82. The minimum atomic E-state index is -4.01. The molecule has 2 N–H and O–H groups in total. The highest BCUT2D eigenvalue weighted by atomic mass is 35.5. The molecule has 0 fully saturated rings. The first kappa shape index (κ1) is 21.6. The lowest BCUT2D eigenvalue weighted by Crippen LogP contribution is -2.17. The van der Waals surface area contributed by atoms with Crippen molar-refractivity contribution in [3.05, 3.63) is 52.5 Å². The fourth-order valence-corrected chi connectivity index (χ4v) is 4.59. The van der Waals surface area contributed by atoms with Crippen molar-refractivity contribution in [3.63, 3.8) is 0 Å². The van der Waals surface area contributed by atoms with Gasteiger partial charge >= 0.3 is 0 Å². The number of benzene rings is 2. The van der Waals surface area contributed by atoms with Crippen LogP contribution in [0.1, 0.15) is 32.6 Å². The molecule has 0 radical (unpaired) electrons. The zero-order chi connectivity index (χ0) is 20.9. The maximum absolute atomic E-state index is 12.9. The maximum atomic E-state index is 12.9. The molecule has 0 aliphatic heterocycles. The minimum absolute atomic E-state index is 0.0738. The van der Waals surface area contributed by atoms with Gasteiger partial charge in [-0.1, -0.05) is 61.5 Å². The molecule has 1 aromatic heterocycles. The molecular weight excluding hydrogens is 431 g/mol. The van der Waals surface area contributed by atoms with Gasteiger partial charge in [-0.3, -0.25) is 4.72 Å².